The Morgan fingerprint density at radius 2 is 1.66 bits per heavy atom. The molecule has 0 saturated carbocycles. The maximum Gasteiger partial charge on any atom is 0.227 e. The third-order valence-corrected chi connectivity index (χ3v) is 5.80. The summed E-state index contributed by atoms with van der Waals surface area (Å²) >= 11 is 6.18. The third-order valence-electron chi connectivity index (χ3n) is 5.43. The number of rotatable bonds is 4. The molecule has 1 aliphatic rings. The maximum absolute atomic E-state index is 12.7. The summed E-state index contributed by atoms with van der Waals surface area (Å²) < 4.78 is 0. The molecule has 3 aromatic rings. The smallest absolute Gasteiger partial charge is 0.227 e. The summed E-state index contributed by atoms with van der Waals surface area (Å²) in [6, 6.07) is 21.9. The molecule has 0 unspecified atom stereocenters. The zero-order valence-electron chi connectivity index (χ0n) is 16.2. The predicted octanol–water partition coefficient (Wildman–Crippen LogP) is 4.30. The van der Waals surface area contributed by atoms with Crippen LogP contribution in [0, 0.1) is 0 Å². The number of carbonyl (C=O) groups excluding carboxylic acids is 2. The number of fused-ring (bicyclic) bond motifs is 1. The molecule has 1 saturated heterocycles. The SMILES string of the molecule is O=C(Cc1ccccc1Cl)N1CCC(=O)N(Cc2ccc3ccccc3c2)CC1. The van der Waals surface area contributed by atoms with Crippen molar-refractivity contribution in [3.8, 4) is 0 Å². The van der Waals surface area contributed by atoms with Crippen LogP contribution < -0.4 is 0 Å². The Kier molecular flexibility index (Phi) is 5.81. The van der Waals surface area contributed by atoms with E-state index in [1.54, 1.807) is 11.0 Å². The first-order valence-electron chi connectivity index (χ1n) is 9.87. The first-order chi connectivity index (χ1) is 14.1. The molecular formula is C24H23ClN2O2. The normalized spacial score (nSPS) is 14.9. The molecule has 0 spiro atoms. The van der Waals surface area contributed by atoms with Crippen LogP contribution in [0.1, 0.15) is 17.5 Å². The molecule has 0 radical (unpaired) electrons. The summed E-state index contributed by atoms with van der Waals surface area (Å²) in [4.78, 5) is 29.0. The van der Waals surface area contributed by atoms with Gasteiger partial charge in [-0.3, -0.25) is 9.59 Å². The fourth-order valence-corrected chi connectivity index (χ4v) is 3.96. The van der Waals surface area contributed by atoms with Crippen molar-refractivity contribution in [2.45, 2.75) is 19.4 Å². The second-order valence-electron chi connectivity index (χ2n) is 7.40. The van der Waals surface area contributed by atoms with E-state index in [2.05, 4.69) is 30.3 Å². The van der Waals surface area contributed by atoms with Crippen LogP contribution in [0.2, 0.25) is 5.02 Å². The molecule has 1 aliphatic heterocycles. The standard InChI is InChI=1S/C24H23ClN2O2/c25-22-8-4-3-7-21(22)16-24(29)26-12-11-23(28)27(14-13-26)17-18-9-10-19-5-1-2-6-20(19)15-18/h1-10,15H,11-14,16-17H2. The van der Waals surface area contributed by atoms with Crippen molar-refractivity contribution in [2.75, 3.05) is 19.6 Å². The summed E-state index contributed by atoms with van der Waals surface area (Å²) in [6.45, 7) is 2.11. The largest absolute Gasteiger partial charge is 0.340 e. The van der Waals surface area contributed by atoms with Crippen LogP contribution in [-0.2, 0) is 22.6 Å². The Bertz CT molecular complexity index is 1050. The fraction of sp³-hybridized carbons (Fsp3) is 0.250. The van der Waals surface area contributed by atoms with E-state index in [9.17, 15) is 9.59 Å². The number of halogens is 1. The molecule has 2 amide bonds. The van der Waals surface area contributed by atoms with Gasteiger partial charge in [-0.2, -0.15) is 0 Å². The van der Waals surface area contributed by atoms with Crippen molar-refractivity contribution in [1.29, 1.82) is 0 Å². The van der Waals surface area contributed by atoms with Crippen molar-refractivity contribution < 1.29 is 9.59 Å². The predicted molar refractivity (Wildman–Crippen MR) is 116 cm³/mol. The number of benzene rings is 3. The van der Waals surface area contributed by atoms with Crippen LogP contribution in [0.15, 0.2) is 66.7 Å². The van der Waals surface area contributed by atoms with E-state index >= 15 is 0 Å². The van der Waals surface area contributed by atoms with Crippen LogP contribution in [-0.4, -0.2) is 41.2 Å². The first-order valence-corrected chi connectivity index (χ1v) is 10.2. The van der Waals surface area contributed by atoms with Gasteiger partial charge in [-0.1, -0.05) is 66.2 Å². The molecule has 0 N–H and O–H groups in total. The molecule has 0 bridgehead atoms. The van der Waals surface area contributed by atoms with E-state index < -0.39 is 0 Å². The summed E-state index contributed by atoms with van der Waals surface area (Å²) in [5, 5.41) is 2.96. The highest BCUT2D eigenvalue weighted by Gasteiger charge is 2.24. The Hall–Kier alpha value is -2.85. The molecule has 4 rings (SSSR count). The van der Waals surface area contributed by atoms with E-state index in [1.165, 1.54) is 10.8 Å². The van der Waals surface area contributed by atoms with Gasteiger partial charge in [-0.25, -0.2) is 0 Å². The summed E-state index contributed by atoms with van der Waals surface area (Å²) in [5.74, 6) is 0.102. The Labute approximate surface area is 175 Å². The monoisotopic (exact) mass is 406 g/mol. The van der Waals surface area contributed by atoms with E-state index in [4.69, 9.17) is 11.6 Å². The number of hydrogen-bond donors (Lipinski definition) is 0. The average Bonchev–Trinajstić information content (AvgIpc) is 2.91. The fourth-order valence-electron chi connectivity index (χ4n) is 3.76. The van der Waals surface area contributed by atoms with Gasteiger partial charge < -0.3 is 9.80 Å². The third kappa shape index (κ3) is 4.60. The van der Waals surface area contributed by atoms with Gasteiger partial charge in [0, 0.05) is 37.6 Å². The van der Waals surface area contributed by atoms with Crippen molar-refractivity contribution in [3.05, 3.63) is 82.9 Å². The lowest BCUT2D eigenvalue weighted by Crippen LogP contribution is -2.36. The molecule has 1 fully saturated rings. The van der Waals surface area contributed by atoms with Gasteiger partial charge in [0.25, 0.3) is 0 Å². The molecule has 0 aliphatic carbocycles. The van der Waals surface area contributed by atoms with E-state index in [1.807, 2.05) is 35.2 Å². The van der Waals surface area contributed by atoms with Crippen LogP contribution >= 0.6 is 11.6 Å². The van der Waals surface area contributed by atoms with E-state index in [0.29, 0.717) is 37.6 Å². The lowest BCUT2D eigenvalue weighted by atomic mass is 10.1. The lowest BCUT2D eigenvalue weighted by molar-refractivity contribution is -0.130. The summed E-state index contributed by atoms with van der Waals surface area (Å²) in [6.07, 6.45) is 0.611. The zero-order valence-corrected chi connectivity index (χ0v) is 16.9. The molecule has 3 aromatic carbocycles. The lowest BCUT2D eigenvalue weighted by Gasteiger charge is -2.22. The minimum absolute atomic E-state index is 0.0125. The van der Waals surface area contributed by atoms with Crippen LogP contribution in [0.3, 0.4) is 0 Å². The van der Waals surface area contributed by atoms with Gasteiger partial charge in [-0.05, 0) is 34.0 Å². The van der Waals surface area contributed by atoms with Gasteiger partial charge in [0.2, 0.25) is 11.8 Å². The highest BCUT2D eigenvalue weighted by Crippen LogP contribution is 2.19. The van der Waals surface area contributed by atoms with Crippen molar-refractivity contribution >= 4 is 34.2 Å². The van der Waals surface area contributed by atoms with Gasteiger partial charge >= 0.3 is 0 Å². The molecule has 0 aromatic heterocycles. The van der Waals surface area contributed by atoms with Gasteiger partial charge in [0.05, 0.1) is 6.42 Å². The number of hydrogen-bond acceptors (Lipinski definition) is 2. The minimum atomic E-state index is 0.0125. The summed E-state index contributed by atoms with van der Waals surface area (Å²) in [5.41, 5.74) is 1.93. The molecule has 148 valence electrons. The topological polar surface area (TPSA) is 40.6 Å². The van der Waals surface area contributed by atoms with E-state index in [-0.39, 0.29) is 18.2 Å². The Balaban J connectivity index is 1.41. The molecule has 5 heteroatoms. The number of carbonyl (C=O) groups is 2. The highest BCUT2D eigenvalue weighted by atomic mass is 35.5. The van der Waals surface area contributed by atoms with Crippen molar-refractivity contribution in [3.63, 3.8) is 0 Å². The van der Waals surface area contributed by atoms with Gasteiger partial charge in [-0.15, -0.1) is 0 Å². The second kappa shape index (κ2) is 8.66. The minimum Gasteiger partial charge on any atom is -0.340 e. The van der Waals surface area contributed by atoms with Crippen LogP contribution in [0.5, 0.6) is 0 Å². The Morgan fingerprint density at radius 1 is 0.897 bits per heavy atom. The van der Waals surface area contributed by atoms with Crippen molar-refractivity contribution in [2.24, 2.45) is 0 Å². The Morgan fingerprint density at radius 3 is 2.48 bits per heavy atom. The molecular weight excluding hydrogens is 384 g/mol. The van der Waals surface area contributed by atoms with Crippen LogP contribution in [0.25, 0.3) is 10.8 Å². The van der Waals surface area contributed by atoms with E-state index in [0.717, 1.165) is 11.1 Å². The molecule has 4 nitrogen and oxygen atoms in total. The summed E-state index contributed by atoms with van der Waals surface area (Å²) in [7, 11) is 0. The van der Waals surface area contributed by atoms with Crippen LogP contribution in [0.4, 0.5) is 0 Å². The second-order valence-corrected chi connectivity index (χ2v) is 7.80. The number of nitrogens with zero attached hydrogens (tertiary/aromatic N) is 2. The molecule has 0 atom stereocenters. The quantitative estimate of drug-likeness (QED) is 0.648. The molecule has 1 heterocycles. The van der Waals surface area contributed by atoms with Crippen molar-refractivity contribution in [1.82, 2.24) is 9.80 Å². The zero-order chi connectivity index (χ0) is 20.2. The first kappa shape index (κ1) is 19.5. The van der Waals surface area contributed by atoms with Gasteiger partial charge in [0.15, 0.2) is 0 Å². The van der Waals surface area contributed by atoms with Gasteiger partial charge in [0.1, 0.15) is 0 Å². The average molecular weight is 407 g/mol. The molecule has 29 heavy (non-hydrogen) atoms. The highest BCUT2D eigenvalue weighted by molar-refractivity contribution is 6.31. The maximum atomic E-state index is 12.7. The number of amides is 2.